The van der Waals surface area contributed by atoms with Crippen LogP contribution in [0.25, 0.3) is 0 Å². The number of hydrogen-bond acceptors (Lipinski definition) is 2. The van der Waals surface area contributed by atoms with Gasteiger partial charge in [0.1, 0.15) is 0 Å². The Bertz CT molecular complexity index is 309. The van der Waals surface area contributed by atoms with E-state index in [2.05, 4.69) is 5.32 Å². The van der Waals surface area contributed by atoms with E-state index < -0.39 is 0 Å². The second-order valence-electron chi connectivity index (χ2n) is 3.98. The highest BCUT2D eigenvalue weighted by atomic mass is 16.1. The zero-order chi connectivity index (χ0) is 11.3. The van der Waals surface area contributed by atoms with Gasteiger partial charge in [-0.25, -0.2) is 0 Å². The standard InChI is InChI=1S/C12H18N2O/c1-9(2)11(13)8-14-12(15)10-6-4-3-5-7-10/h3-7,9,11H,8,13H2,1-2H3,(H,14,15). The fourth-order valence-electron chi connectivity index (χ4n) is 1.14. The number of benzene rings is 1. The van der Waals surface area contributed by atoms with Crippen molar-refractivity contribution in [2.45, 2.75) is 19.9 Å². The minimum Gasteiger partial charge on any atom is -0.350 e. The molecule has 1 aromatic carbocycles. The molecule has 3 nitrogen and oxygen atoms in total. The smallest absolute Gasteiger partial charge is 0.251 e. The first-order chi connectivity index (χ1) is 7.11. The van der Waals surface area contributed by atoms with Crippen LogP contribution in [0.15, 0.2) is 30.3 Å². The minimum absolute atomic E-state index is 0.0117. The number of amides is 1. The lowest BCUT2D eigenvalue weighted by Gasteiger charge is -2.16. The highest BCUT2D eigenvalue weighted by molar-refractivity contribution is 5.94. The molecule has 1 unspecified atom stereocenters. The predicted molar refractivity (Wildman–Crippen MR) is 61.6 cm³/mol. The molecule has 0 aromatic heterocycles. The van der Waals surface area contributed by atoms with Crippen molar-refractivity contribution in [3.05, 3.63) is 35.9 Å². The summed E-state index contributed by atoms with van der Waals surface area (Å²) in [6.45, 7) is 4.60. The van der Waals surface area contributed by atoms with Gasteiger partial charge in [0.25, 0.3) is 5.91 Å². The molecule has 0 aliphatic heterocycles. The van der Waals surface area contributed by atoms with Gasteiger partial charge in [0.15, 0.2) is 0 Å². The molecule has 1 rings (SSSR count). The van der Waals surface area contributed by atoms with E-state index in [9.17, 15) is 4.79 Å². The van der Waals surface area contributed by atoms with Gasteiger partial charge in [-0.3, -0.25) is 4.79 Å². The van der Waals surface area contributed by atoms with Crippen LogP contribution in [0.4, 0.5) is 0 Å². The number of nitrogens with two attached hydrogens (primary N) is 1. The molecule has 3 N–H and O–H groups in total. The molecule has 0 bridgehead atoms. The molecular formula is C12H18N2O. The molecule has 0 fully saturated rings. The Morgan fingerprint density at radius 2 is 1.93 bits per heavy atom. The zero-order valence-electron chi connectivity index (χ0n) is 9.23. The molecule has 82 valence electrons. The third-order valence-corrected chi connectivity index (χ3v) is 2.39. The second-order valence-corrected chi connectivity index (χ2v) is 3.98. The first-order valence-electron chi connectivity index (χ1n) is 5.20. The van der Waals surface area contributed by atoms with Crippen LogP contribution < -0.4 is 11.1 Å². The van der Waals surface area contributed by atoms with Crippen LogP contribution in [-0.4, -0.2) is 18.5 Å². The van der Waals surface area contributed by atoms with Gasteiger partial charge in [0, 0.05) is 18.2 Å². The Morgan fingerprint density at radius 3 is 2.47 bits per heavy atom. The SMILES string of the molecule is CC(C)C(N)CNC(=O)c1ccccc1. The van der Waals surface area contributed by atoms with Gasteiger partial charge in [-0.15, -0.1) is 0 Å². The predicted octanol–water partition coefficient (Wildman–Crippen LogP) is 1.40. The molecule has 0 aliphatic carbocycles. The maximum absolute atomic E-state index is 11.6. The molecule has 0 saturated carbocycles. The number of carbonyl (C=O) groups excluding carboxylic acids is 1. The van der Waals surface area contributed by atoms with E-state index in [1.165, 1.54) is 0 Å². The van der Waals surface area contributed by atoms with Gasteiger partial charge < -0.3 is 11.1 Å². The normalized spacial score (nSPS) is 12.5. The second kappa shape index (κ2) is 5.51. The first kappa shape index (κ1) is 11.7. The summed E-state index contributed by atoms with van der Waals surface area (Å²) in [6.07, 6.45) is 0. The molecule has 0 radical (unpaired) electrons. The van der Waals surface area contributed by atoms with Crippen molar-refractivity contribution < 1.29 is 4.79 Å². The highest BCUT2D eigenvalue weighted by Crippen LogP contribution is 1.99. The average Bonchev–Trinajstić information content (AvgIpc) is 2.26. The maximum atomic E-state index is 11.6. The molecule has 0 aliphatic rings. The first-order valence-corrected chi connectivity index (χ1v) is 5.20. The maximum Gasteiger partial charge on any atom is 0.251 e. The molecule has 1 atom stereocenters. The third kappa shape index (κ3) is 3.72. The molecule has 0 saturated heterocycles. The summed E-state index contributed by atoms with van der Waals surface area (Å²) in [7, 11) is 0. The van der Waals surface area contributed by atoms with Gasteiger partial charge >= 0.3 is 0 Å². The van der Waals surface area contributed by atoms with Crippen molar-refractivity contribution in [3.8, 4) is 0 Å². The van der Waals surface area contributed by atoms with Crippen molar-refractivity contribution in [2.24, 2.45) is 11.7 Å². The summed E-state index contributed by atoms with van der Waals surface area (Å²) in [5.41, 5.74) is 6.50. The number of nitrogens with one attached hydrogen (secondary N) is 1. The van der Waals surface area contributed by atoms with Crippen molar-refractivity contribution in [3.63, 3.8) is 0 Å². The topological polar surface area (TPSA) is 55.1 Å². The molecule has 1 aromatic rings. The monoisotopic (exact) mass is 206 g/mol. The molecule has 0 spiro atoms. The summed E-state index contributed by atoms with van der Waals surface area (Å²) in [4.78, 5) is 11.6. The van der Waals surface area contributed by atoms with Crippen LogP contribution in [0.2, 0.25) is 0 Å². The summed E-state index contributed by atoms with van der Waals surface area (Å²) in [6, 6.07) is 9.16. The van der Waals surface area contributed by atoms with E-state index in [-0.39, 0.29) is 11.9 Å². The van der Waals surface area contributed by atoms with Gasteiger partial charge in [-0.2, -0.15) is 0 Å². The zero-order valence-corrected chi connectivity index (χ0v) is 9.23. The van der Waals surface area contributed by atoms with Crippen LogP contribution in [0.5, 0.6) is 0 Å². The van der Waals surface area contributed by atoms with E-state index in [1.807, 2.05) is 32.0 Å². The van der Waals surface area contributed by atoms with E-state index in [0.29, 0.717) is 18.0 Å². The van der Waals surface area contributed by atoms with E-state index in [1.54, 1.807) is 12.1 Å². The Hall–Kier alpha value is -1.35. The van der Waals surface area contributed by atoms with Gasteiger partial charge in [0.05, 0.1) is 0 Å². The lowest BCUT2D eigenvalue weighted by Crippen LogP contribution is -2.40. The van der Waals surface area contributed by atoms with Crippen LogP contribution in [0, 0.1) is 5.92 Å². The summed E-state index contributed by atoms with van der Waals surface area (Å²) >= 11 is 0. The van der Waals surface area contributed by atoms with E-state index >= 15 is 0 Å². The van der Waals surface area contributed by atoms with Crippen molar-refractivity contribution >= 4 is 5.91 Å². The van der Waals surface area contributed by atoms with Crippen LogP contribution >= 0.6 is 0 Å². The quantitative estimate of drug-likeness (QED) is 0.782. The van der Waals surface area contributed by atoms with Crippen molar-refractivity contribution in [2.75, 3.05) is 6.54 Å². The van der Waals surface area contributed by atoms with Crippen LogP contribution in [0.3, 0.4) is 0 Å². The van der Waals surface area contributed by atoms with Gasteiger partial charge in [0.2, 0.25) is 0 Å². The Kier molecular flexibility index (Phi) is 4.31. The van der Waals surface area contributed by atoms with Crippen molar-refractivity contribution in [1.82, 2.24) is 5.32 Å². The molecular weight excluding hydrogens is 188 g/mol. The third-order valence-electron chi connectivity index (χ3n) is 2.39. The van der Waals surface area contributed by atoms with Crippen LogP contribution in [0.1, 0.15) is 24.2 Å². The number of carbonyl (C=O) groups is 1. The summed E-state index contributed by atoms with van der Waals surface area (Å²) in [5.74, 6) is 0.313. The van der Waals surface area contributed by atoms with Gasteiger partial charge in [-0.05, 0) is 18.1 Å². The Morgan fingerprint density at radius 1 is 1.33 bits per heavy atom. The van der Waals surface area contributed by atoms with E-state index in [4.69, 9.17) is 5.73 Å². The van der Waals surface area contributed by atoms with Crippen molar-refractivity contribution in [1.29, 1.82) is 0 Å². The largest absolute Gasteiger partial charge is 0.350 e. The molecule has 15 heavy (non-hydrogen) atoms. The summed E-state index contributed by atoms with van der Waals surface area (Å²) < 4.78 is 0. The average molecular weight is 206 g/mol. The van der Waals surface area contributed by atoms with Crippen LogP contribution in [-0.2, 0) is 0 Å². The Balaban J connectivity index is 2.44. The summed E-state index contributed by atoms with van der Waals surface area (Å²) in [5, 5.41) is 2.82. The molecule has 0 heterocycles. The van der Waals surface area contributed by atoms with Gasteiger partial charge in [-0.1, -0.05) is 32.0 Å². The lowest BCUT2D eigenvalue weighted by atomic mass is 10.1. The highest BCUT2D eigenvalue weighted by Gasteiger charge is 2.09. The molecule has 3 heteroatoms. The fourth-order valence-corrected chi connectivity index (χ4v) is 1.14. The number of rotatable bonds is 4. The fraction of sp³-hybridized carbons (Fsp3) is 0.417. The lowest BCUT2D eigenvalue weighted by molar-refractivity contribution is 0.0949. The number of hydrogen-bond donors (Lipinski definition) is 2. The Labute approximate surface area is 90.7 Å². The minimum atomic E-state index is -0.0632. The van der Waals surface area contributed by atoms with E-state index in [0.717, 1.165) is 0 Å². The molecule has 1 amide bonds.